The Kier molecular flexibility index (Phi) is 4.37. The summed E-state index contributed by atoms with van der Waals surface area (Å²) in [5.41, 5.74) is 4.49. The van der Waals surface area contributed by atoms with Gasteiger partial charge < -0.3 is 9.88 Å². The van der Waals surface area contributed by atoms with Gasteiger partial charge in [0.15, 0.2) is 0 Å². The van der Waals surface area contributed by atoms with Crippen molar-refractivity contribution in [1.82, 2.24) is 14.8 Å². The molecule has 1 N–H and O–H groups in total. The summed E-state index contributed by atoms with van der Waals surface area (Å²) in [6.07, 6.45) is 6.49. The van der Waals surface area contributed by atoms with Crippen LogP contribution in [0.5, 0.6) is 0 Å². The number of urea groups is 1. The first kappa shape index (κ1) is 18.7. The molecular formula is C26H27N3O2. The number of amides is 3. The number of carbonyl (C=O) groups is 2. The molecule has 2 aliphatic heterocycles. The van der Waals surface area contributed by atoms with Crippen LogP contribution in [0.25, 0.3) is 10.9 Å². The number of aromatic nitrogens is 1. The predicted molar refractivity (Wildman–Crippen MR) is 119 cm³/mol. The molecular weight excluding hydrogens is 386 g/mol. The summed E-state index contributed by atoms with van der Waals surface area (Å²) in [5, 5.41) is 1.19. The lowest BCUT2D eigenvalue weighted by atomic mass is 9.78. The first-order valence-corrected chi connectivity index (χ1v) is 11.5. The second-order valence-electron chi connectivity index (χ2n) is 9.23. The van der Waals surface area contributed by atoms with Crippen LogP contribution in [-0.2, 0) is 17.8 Å². The van der Waals surface area contributed by atoms with E-state index in [2.05, 4.69) is 23.2 Å². The maximum Gasteiger partial charge on any atom is 0.328 e. The number of fused-ring (bicyclic) bond motifs is 4. The molecule has 31 heavy (non-hydrogen) atoms. The largest absolute Gasteiger partial charge is 0.356 e. The standard InChI is InChI=1S/C26H27N3O2/c30-25-22-15-20-19-13-7-8-14-21(19)27-23(20)24(18-11-5-2-6-12-18)29(22)26(31)28(25)16-17-9-3-1-4-10-17/h1,3-4,7-10,13-14,18,22,24,27H,2,5-6,11-12,15-16H2/t22-,24+/m1/s1. The van der Waals surface area contributed by atoms with Crippen molar-refractivity contribution in [2.75, 3.05) is 0 Å². The van der Waals surface area contributed by atoms with E-state index >= 15 is 0 Å². The minimum atomic E-state index is -0.394. The number of nitrogens with zero attached hydrogens (tertiary/aromatic N) is 2. The number of imide groups is 1. The number of H-pyrrole nitrogens is 1. The zero-order chi connectivity index (χ0) is 20.9. The Labute approximate surface area is 182 Å². The van der Waals surface area contributed by atoms with E-state index in [0.717, 1.165) is 29.6 Å². The highest BCUT2D eigenvalue weighted by Gasteiger charge is 2.53. The summed E-state index contributed by atoms with van der Waals surface area (Å²) in [4.78, 5) is 34.2. The van der Waals surface area contributed by atoms with E-state index in [1.54, 1.807) is 0 Å². The lowest BCUT2D eigenvalue weighted by molar-refractivity contribution is -0.129. The SMILES string of the molecule is O=C1[C@H]2Cc3c([nH]c4ccccc34)[C@H](C3CCCCC3)N2C(=O)N1Cc1ccccc1. The highest BCUT2D eigenvalue weighted by atomic mass is 16.2. The van der Waals surface area contributed by atoms with Crippen LogP contribution in [-0.4, -0.2) is 32.8 Å². The molecule has 1 saturated heterocycles. The van der Waals surface area contributed by atoms with Gasteiger partial charge in [0.25, 0.3) is 5.91 Å². The second kappa shape index (κ2) is 7.26. The molecule has 0 bridgehead atoms. The van der Waals surface area contributed by atoms with Gasteiger partial charge in [-0.3, -0.25) is 9.69 Å². The van der Waals surface area contributed by atoms with Crippen molar-refractivity contribution in [3.8, 4) is 0 Å². The fraction of sp³-hybridized carbons (Fsp3) is 0.385. The van der Waals surface area contributed by atoms with Crippen molar-refractivity contribution in [3.05, 3.63) is 71.4 Å². The molecule has 0 unspecified atom stereocenters. The fourth-order valence-electron chi connectivity index (χ4n) is 6.01. The molecule has 5 heteroatoms. The summed E-state index contributed by atoms with van der Waals surface area (Å²) < 4.78 is 0. The van der Waals surface area contributed by atoms with Crippen LogP contribution >= 0.6 is 0 Å². The summed E-state index contributed by atoms with van der Waals surface area (Å²) in [5.74, 6) is 0.349. The van der Waals surface area contributed by atoms with Crippen molar-refractivity contribution in [1.29, 1.82) is 0 Å². The Balaban J connectivity index is 1.43. The van der Waals surface area contributed by atoms with Crippen LogP contribution in [0.15, 0.2) is 54.6 Å². The van der Waals surface area contributed by atoms with Crippen molar-refractivity contribution in [2.45, 2.75) is 57.2 Å². The minimum Gasteiger partial charge on any atom is -0.356 e. The highest BCUT2D eigenvalue weighted by Crippen LogP contribution is 2.47. The fourth-order valence-corrected chi connectivity index (χ4v) is 6.01. The van der Waals surface area contributed by atoms with Gasteiger partial charge in [0.1, 0.15) is 6.04 Å². The third kappa shape index (κ3) is 2.90. The average Bonchev–Trinajstić information content (AvgIpc) is 3.30. The number of hydrogen-bond acceptors (Lipinski definition) is 2. The Morgan fingerprint density at radius 3 is 2.45 bits per heavy atom. The van der Waals surface area contributed by atoms with E-state index in [1.165, 1.54) is 35.1 Å². The molecule has 1 aromatic heterocycles. The van der Waals surface area contributed by atoms with Crippen molar-refractivity contribution >= 4 is 22.8 Å². The molecule has 1 aliphatic carbocycles. The molecule has 3 aliphatic rings. The molecule has 158 valence electrons. The van der Waals surface area contributed by atoms with E-state index in [0.29, 0.717) is 18.9 Å². The molecule has 2 atom stereocenters. The normalized spacial score (nSPS) is 24.0. The van der Waals surface area contributed by atoms with Crippen LogP contribution in [0.2, 0.25) is 0 Å². The van der Waals surface area contributed by atoms with E-state index in [9.17, 15) is 9.59 Å². The van der Waals surface area contributed by atoms with Crippen LogP contribution in [0.4, 0.5) is 4.79 Å². The Hall–Kier alpha value is -3.08. The topological polar surface area (TPSA) is 56.4 Å². The molecule has 0 radical (unpaired) electrons. The lowest BCUT2D eigenvalue weighted by Gasteiger charge is -2.41. The molecule has 0 spiro atoms. The van der Waals surface area contributed by atoms with Gasteiger partial charge in [-0.1, -0.05) is 67.8 Å². The number of para-hydroxylation sites is 1. The Morgan fingerprint density at radius 2 is 1.65 bits per heavy atom. The van der Waals surface area contributed by atoms with Gasteiger partial charge in [-0.2, -0.15) is 0 Å². The third-order valence-corrected chi connectivity index (χ3v) is 7.46. The van der Waals surface area contributed by atoms with Gasteiger partial charge in [0, 0.05) is 23.0 Å². The van der Waals surface area contributed by atoms with Gasteiger partial charge in [0.05, 0.1) is 12.6 Å². The Bertz CT molecular complexity index is 1150. The lowest BCUT2D eigenvalue weighted by Crippen LogP contribution is -2.46. The van der Waals surface area contributed by atoms with Gasteiger partial charge in [0.2, 0.25) is 0 Å². The quantitative estimate of drug-likeness (QED) is 0.602. The highest BCUT2D eigenvalue weighted by molar-refractivity contribution is 6.05. The monoisotopic (exact) mass is 413 g/mol. The number of aromatic amines is 1. The maximum atomic E-state index is 13.6. The van der Waals surface area contributed by atoms with Crippen LogP contribution < -0.4 is 0 Å². The molecule has 6 rings (SSSR count). The molecule has 3 heterocycles. The van der Waals surface area contributed by atoms with Crippen LogP contribution in [0, 0.1) is 5.92 Å². The smallest absolute Gasteiger partial charge is 0.328 e. The second-order valence-corrected chi connectivity index (χ2v) is 9.23. The van der Waals surface area contributed by atoms with Crippen molar-refractivity contribution in [3.63, 3.8) is 0 Å². The van der Waals surface area contributed by atoms with Crippen LogP contribution in [0.3, 0.4) is 0 Å². The maximum absolute atomic E-state index is 13.6. The number of hydrogen-bond donors (Lipinski definition) is 1. The minimum absolute atomic E-state index is 0.0429. The molecule has 2 aromatic carbocycles. The first-order valence-electron chi connectivity index (χ1n) is 11.5. The van der Waals surface area contributed by atoms with E-state index in [4.69, 9.17) is 0 Å². The van der Waals surface area contributed by atoms with Gasteiger partial charge >= 0.3 is 6.03 Å². The first-order chi connectivity index (χ1) is 15.2. The molecule has 2 fully saturated rings. The number of carbonyl (C=O) groups excluding carboxylic acids is 2. The summed E-state index contributed by atoms with van der Waals surface area (Å²) in [6.45, 7) is 0.345. The number of rotatable bonds is 3. The van der Waals surface area contributed by atoms with Crippen molar-refractivity contribution < 1.29 is 9.59 Å². The van der Waals surface area contributed by atoms with Gasteiger partial charge in [-0.15, -0.1) is 0 Å². The van der Waals surface area contributed by atoms with Crippen molar-refractivity contribution in [2.24, 2.45) is 5.92 Å². The van der Waals surface area contributed by atoms with Gasteiger partial charge in [-0.25, -0.2) is 4.79 Å². The van der Waals surface area contributed by atoms with Crippen LogP contribution in [0.1, 0.15) is 55.0 Å². The zero-order valence-corrected chi connectivity index (χ0v) is 17.6. The van der Waals surface area contributed by atoms with E-state index in [1.807, 2.05) is 41.3 Å². The average molecular weight is 414 g/mol. The summed E-state index contributed by atoms with van der Waals surface area (Å²) in [7, 11) is 0. The zero-order valence-electron chi connectivity index (χ0n) is 17.6. The number of benzene rings is 2. The van der Waals surface area contributed by atoms with E-state index < -0.39 is 6.04 Å². The molecule has 1 saturated carbocycles. The van der Waals surface area contributed by atoms with E-state index in [-0.39, 0.29) is 18.0 Å². The predicted octanol–water partition coefficient (Wildman–Crippen LogP) is 5.18. The Morgan fingerprint density at radius 1 is 0.903 bits per heavy atom. The van der Waals surface area contributed by atoms with Gasteiger partial charge in [-0.05, 0) is 36.0 Å². The summed E-state index contributed by atoms with van der Waals surface area (Å²) >= 11 is 0. The molecule has 5 nitrogen and oxygen atoms in total. The summed E-state index contributed by atoms with van der Waals surface area (Å²) in [6, 6.07) is 17.6. The molecule has 3 amide bonds. The number of nitrogens with one attached hydrogen (secondary N) is 1. The third-order valence-electron chi connectivity index (χ3n) is 7.46. The molecule has 3 aromatic rings.